The van der Waals surface area contributed by atoms with Crippen LogP contribution in [0.4, 0.5) is 0 Å². The highest BCUT2D eigenvalue weighted by Crippen LogP contribution is 2.26. The number of amides is 3. The molecule has 1 fully saturated rings. The lowest BCUT2D eigenvalue weighted by Crippen LogP contribution is -2.60. The predicted molar refractivity (Wildman–Crippen MR) is 204 cm³/mol. The maximum absolute atomic E-state index is 13.2. The molecule has 17 heteroatoms. The number of hydrogen-bond donors (Lipinski definition) is 7. The zero-order valence-corrected chi connectivity index (χ0v) is 32.5. The van der Waals surface area contributed by atoms with E-state index in [4.69, 9.17) is 30.5 Å². The number of unbranched alkanes of at least 4 members (excludes halogenated alkanes) is 13. The second-order valence-electron chi connectivity index (χ2n) is 13.2. The number of hydrogen-bond acceptors (Lipinski definition) is 12. The van der Waals surface area contributed by atoms with E-state index in [1.54, 1.807) is 0 Å². The summed E-state index contributed by atoms with van der Waals surface area (Å²) in [5.74, 6) is 5.12. The number of carbonyl (C=O) groups excluding carboxylic acids is 4. The van der Waals surface area contributed by atoms with E-state index in [9.17, 15) is 23.4 Å². The zero-order valence-electron chi connectivity index (χ0n) is 31.6. The minimum atomic E-state index is -3.06. The smallest absolute Gasteiger partial charge is 0.246 e. The van der Waals surface area contributed by atoms with E-state index < -0.39 is 15.4 Å². The van der Waals surface area contributed by atoms with Gasteiger partial charge in [0.15, 0.2) is 5.78 Å². The van der Waals surface area contributed by atoms with Crippen molar-refractivity contribution in [3.05, 3.63) is 0 Å². The SMILES string of the molecule is CC(=O)COCCOCCNC(=O)COCCOCCNC(=O)C1CC[SH]1(=O)NC(=O)CCCCCCCCCCCCCCCC/C(N)=N/NN. The number of hydrazine groups is 1. The van der Waals surface area contributed by atoms with Gasteiger partial charge in [-0.3, -0.25) is 28.1 Å². The number of carbonyl (C=O) groups is 4. The van der Waals surface area contributed by atoms with Gasteiger partial charge >= 0.3 is 0 Å². The summed E-state index contributed by atoms with van der Waals surface area (Å²) in [7, 11) is -3.06. The van der Waals surface area contributed by atoms with Gasteiger partial charge in [-0.15, -0.1) is 0 Å². The van der Waals surface area contributed by atoms with Gasteiger partial charge in [-0.25, -0.2) is 11.4 Å². The van der Waals surface area contributed by atoms with Crippen molar-refractivity contribution in [2.75, 3.05) is 71.7 Å². The summed E-state index contributed by atoms with van der Waals surface area (Å²) >= 11 is 0. The molecule has 0 aromatic carbocycles. The van der Waals surface area contributed by atoms with Crippen LogP contribution in [0.25, 0.3) is 0 Å². The monoisotopic (exact) mass is 763 g/mol. The molecule has 1 aliphatic heterocycles. The molecular weight excluding hydrogens is 694 g/mol. The molecule has 1 atom stereocenters. The van der Waals surface area contributed by atoms with Crippen LogP contribution in [0.1, 0.15) is 116 Å². The first-order chi connectivity index (χ1) is 25.2. The van der Waals surface area contributed by atoms with E-state index in [1.165, 1.54) is 71.1 Å². The third-order valence-electron chi connectivity index (χ3n) is 8.55. The maximum Gasteiger partial charge on any atom is 0.246 e. The first-order valence-corrected chi connectivity index (χ1v) is 21.2. The molecule has 3 amide bonds. The largest absolute Gasteiger partial charge is 0.386 e. The van der Waals surface area contributed by atoms with E-state index in [1.807, 2.05) is 0 Å². The Labute approximate surface area is 311 Å². The lowest BCUT2D eigenvalue weighted by atomic mass is 10.0. The molecule has 0 spiro atoms. The van der Waals surface area contributed by atoms with Crippen LogP contribution in [0, 0.1) is 0 Å². The fourth-order valence-electron chi connectivity index (χ4n) is 5.56. The summed E-state index contributed by atoms with van der Waals surface area (Å²) in [5.41, 5.74) is 7.91. The molecular formula is C35H69N7O9S. The maximum atomic E-state index is 13.2. The summed E-state index contributed by atoms with van der Waals surface area (Å²) in [6.45, 7) is 3.63. The number of hydrazone groups is 1. The van der Waals surface area contributed by atoms with Gasteiger partial charge in [-0.05, 0) is 36.3 Å². The van der Waals surface area contributed by atoms with Gasteiger partial charge in [-0.2, -0.15) is 5.10 Å². The second kappa shape index (κ2) is 31.8. The van der Waals surface area contributed by atoms with Gasteiger partial charge in [0.25, 0.3) is 0 Å². The molecule has 0 aromatic heterocycles. The van der Waals surface area contributed by atoms with Crippen molar-refractivity contribution in [1.82, 2.24) is 20.9 Å². The van der Waals surface area contributed by atoms with Crippen LogP contribution >= 0.6 is 0 Å². The summed E-state index contributed by atoms with van der Waals surface area (Å²) < 4.78 is 36.9. The normalized spacial score (nSPS) is 15.7. The lowest BCUT2D eigenvalue weighted by molar-refractivity contribution is -0.127. The third-order valence-corrected chi connectivity index (χ3v) is 11.6. The summed E-state index contributed by atoms with van der Waals surface area (Å²) in [5, 5.41) is 8.47. The van der Waals surface area contributed by atoms with Crippen LogP contribution < -0.4 is 32.5 Å². The molecule has 16 nitrogen and oxygen atoms in total. The van der Waals surface area contributed by atoms with Crippen LogP contribution in [-0.2, 0) is 48.2 Å². The average Bonchev–Trinajstić information content (AvgIpc) is 3.09. The van der Waals surface area contributed by atoms with Crippen molar-refractivity contribution in [2.24, 2.45) is 16.7 Å². The minimum absolute atomic E-state index is 0.0461. The van der Waals surface area contributed by atoms with Crippen LogP contribution in [0.2, 0.25) is 0 Å². The van der Waals surface area contributed by atoms with Crippen molar-refractivity contribution in [2.45, 2.75) is 121 Å². The molecule has 52 heavy (non-hydrogen) atoms. The molecule has 1 saturated heterocycles. The first-order valence-electron chi connectivity index (χ1n) is 19.2. The Bertz CT molecular complexity index is 1070. The molecule has 0 bridgehead atoms. The molecule has 1 unspecified atom stereocenters. The Kier molecular flexibility index (Phi) is 28.9. The third kappa shape index (κ3) is 26.1. The molecule has 1 aliphatic rings. The number of Topliss-reactive ketones (excluding diaryl/α,β-unsaturated/α-hetero) is 1. The molecule has 1 rings (SSSR count). The Morgan fingerprint density at radius 2 is 1.13 bits per heavy atom. The number of nitrogens with zero attached hydrogens (tertiary/aromatic N) is 1. The summed E-state index contributed by atoms with van der Waals surface area (Å²) in [6, 6.07) is 0. The Balaban J connectivity index is 1.93. The van der Waals surface area contributed by atoms with Gasteiger partial charge in [0.2, 0.25) is 17.7 Å². The van der Waals surface area contributed by atoms with Crippen molar-refractivity contribution >= 4 is 39.5 Å². The average molecular weight is 764 g/mol. The number of nitrogens with one attached hydrogen (secondary N) is 4. The molecule has 1 heterocycles. The molecule has 0 radical (unpaired) electrons. The molecule has 0 aliphatic carbocycles. The van der Waals surface area contributed by atoms with Crippen LogP contribution in [0.3, 0.4) is 0 Å². The van der Waals surface area contributed by atoms with Gasteiger partial charge < -0.3 is 35.3 Å². The molecule has 0 aromatic rings. The van der Waals surface area contributed by atoms with Gasteiger partial charge in [-0.1, -0.05) is 77.0 Å². The van der Waals surface area contributed by atoms with Crippen molar-refractivity contribution < 1.29 is 42.3 Å². The van der Waals surface area contributed by atoms with Crippen LogP contribution in [0.15, 0.2) is 5.10 Å². The van der Waals surface area contributed by atoms with Gasteiger partial charge in [0.1, 0.15) is 24.3 Å². The quantitative estimate of drug-likeness (QED) is 0.0121. The first kappa shape index (κ1) is 47.3. The zero-order chi connectivity index (χ0) is 38.1. The number of thiol groups is 1. The number of ketones is 1. The highest BCUT2D eigenvalue weighted by atomic mass is 32.3. The Morgan fingerprint density at radius 3 is 1.63 bits per heavy atom. The van der Waals surface area contributed by atoms with Gasteiger partial charge in [0, 0.05) is 31.7 Å². The van der Waals surface area contributed by atoms with E-state index in [-0.39, 0.29) is 63.1 Å². The molecule has 0 saturated carbocycles. The van der Waals surface area contributed by atoms with Crippen molar-refractivity contribution in [3.63, 3.8) is 0 Å². The Morgan fingerprint density at radius 1 is 0.654 bits per heavy atom. The second-order valence-corrected chi connectivity index (χ2v) is 16.1. The Hall–Kier alpha value is -2.70. The standard InChI is InChI=1S/C35H69N7O9S/c1-30(43)28-50-25-23-48-21-19-38-34(45)29-51-26-24-49-22-20-39-35(46)31-18-27-52(31,47)41-33(44)17-15-13-11-9-7-5-3-2-4-6-8-10-12-14-16-32(36)40-42-37/h31,42,52H,2-29,37H2,1H3,(H2,36,40)(H,38,45)(H,39,46)(H,41,44,47). The van der Waals surface area contributed by atoms with Crippen molar-refractivity contribution in [1.29, 1.82) is 0 Å². The highest BCUT2D eigenvalue weighted by Gasteiger charge is 2.42. The predicted octanol–water partition coefficient (Wildman–Crippen LogP) is 1.67. The molecule has 304 valence electrons. The van der Waals surface area contributed by atoms with E-state index >= 15 is 0 Å². The topological polar surface area (TPSA) is 235 Å². The van der Waals surface area contributed by atoms with Crippen LogP contribution in [-0.4, -0.2) is 110 Å². The molecule has 8 N–H and O–H groups in total. The lowest BCUT2D eigenvalue weighted by Gasteiger charge is -2.41. The van der Waals surface area contributed by atoms with E-state index in [0.717, 1.165) is 32.1 Å². The number of rotatable bonds is 36. The number of amidine groups is 1. The number of nitrogens with two attached hydrogens (primary N) is 2. The van der Waals surface area contributed by atoms with Crippen LogP contribution in [0.5, 0.6) is 0 Å². The fourth-order valence-corrected chi connectivity index (χ4v) is 7.82. The number of ether oxygens (including phenoxy) is 4. The van der Waals surface area contributed by atoms with Gasteiger partial charge in [0.05, 0.1) is 39.6 Å². The summed E-state index contributed by atoms with van der Waals surface area (Å²) in [6.07, 6.45) is 17.9. The van der Waals surface area contributed by atoms with E-state index in [2.05, 4.69) is 26.0 Å². The summed E-state index contributed by atoms with van der Waals surface area (Å²) in [4.78, 5) is 47.6. The fraction of sp³-hybridized carbons (Fsp3) is 0.857. The highest BCUT2D eigenvalue weighted by molar-refractivity contribution is 8.04. The van der Waals surface area contributed by atoms with Crippen molar-refractivity contribution in [3.8, 4) is 0 Å². The minimum Gasteiger partial charge on any atom is -0.386 e. The van der Waals surface area contributed by atoms with E-state index in [0.29, 0.717) is 50.8 Å².